The molecule has 0 aliphatic heterocycles. The van der Waals surface area contributed by atoms with Crippen LogP contribution in [-0.4, -0.2) is 57.1 Å². The maximum Gasteiger partial charge on any atom is 0.326 e. The van der Waals surface area contributed by atoms with E-state index < -0.39 is 48.3 Å². The van der Waals surface area contributed by atoms with Gasteiger partial charge in [0.15, 0.2) is 0 Å². The van der Waals surface area contributed by atoms with Crippen LogP contribution in [0.15, 0.2) is 30.5 Å². The Kier molecular flexibility index (Phi) is 8.14. The van der Waals surface area contributed by atoms with Crippen molar-refractivity contribution >= 4 is 34.7 Å². The van der Waals surface area contributed by atoms with Crippen molar-refractivity contribution in [2.75, 3.05) is 0 Å². The van der Waals surface area contributed by atoms with E-state index in [1.165, 1.54) is 0 Å². The van der Waals surface area contributed by atoms with Crippen LogP contribution >= 0.6 is 0 Å². The summed E-state index contributed by atoms with van der Waals surface area (Å²) in [6.45, 7) is 3.61. The number of aromatic amines is 1. The van der Waals surface area contributed by atoms with Crippen molar-refractivity contribution in [1.82, 2.24) is 15.6 Å². The van der Waals surface area contributed by atoms with Crippen molar-refractivity contribution in [1.29, 1.82) is 0 Å². The molecule has 2 amide bonds. The summed E-state index contributed by atoms with van der Waals surface area (Å²) in [5, 5.41) is 24.2. The van der Waals surface area contributed by atoms with Crippen LogP contribution in [0, 0.1) is 5.92 Å². The lowest BCUT2D eigenvalue weighted by Crippen LogP contribution is -2.56. The van der Waals surface area contributed by atoms with Crippen LogP contribution < -0.4 is 16.4 Å². The summed E-state index contributed by atoms with van der Waals surface area (Å²) >= 11 is 0. The van der Waals surface area contributed by atoms with Gasteiger partial charge in [0.05, 0.1) is 12.5 Å². The highest BCUT2D eigenvalue weighted by molar-refractivity contribution is 5.94. The maximum atomic E-state index is 12.7. The second-order valence-electron chi connectivity index (χ2n) is 7.53. The summed E-state index contributed by atoms with van der Waals surface area (Å²) in [6, 6.07) is 3.62. The molecule has 168 valence electrons. The zero-order valence-electron chi connectivity index (χ0n) is 17.4. The van der Waals surface area contributed by atoms with E-state index in [0.29, 0.717) is 12.0 Å². The van der Waals surface area contributed by atoms with E-state index in [-0.39, 0.29) is 12.3 Å². The number of nitrogens with two attached hydrogens (primary N) is 1. The fourth-order valence-electron chi connectivity index (χ4n) is 3.16. The number of carbonyl (C=O) groups excluding carboxylic acids is 2. The van der Waals surface area contributed by atoms with Gasteiger partial charge in [0.25, 0.3) is 0 Å². The van der Waals surface area contributed by atoms with Gasteiger partial charge >= 0.3 is 11.9 Å². The van der Waals surface area contributed by atoms with E-state index in [4.69, 9.17) is 10.8 Å². The topological polar surface area (TPSA) is 175 Å². The van der Waals surface area contributed by atoms with E-state index in [1.807, 2.05) is 31.2 Å². The number of fused-ring (bicyclic) bond motifs is 1. The Hall–Kier alpha value is -3.40. The molecule has 10 nitrogen and oxygen atoms in total. The standard InChI is InChI=1S/C21H28N4O6/c1-3-11(2)18(22)20(29)24-15(9-17(26)27)19(28)25-16(21(30)31)8-12-10-23-14-7-5-4-6-13(12)14/h4-7,10-11,15-16,18,23H,3,8-9,22H2,1-2H3,(H,24,29)(H,25,28)(H,26,27)(H,30,31)/t11-,15-,16-,18-/m0/s1. The molecule has 31 heavy (non-hydrogen) atoms. The first-order chi connectivity index (χ1) is 14.6. The van der Waals surface area contributed by atoms with Crippen molar-refractivity contribution in [2.24, 2.45) is 11.7 Å². The Balaban J connectivity index is 2.15. The predicted molar refractivity (Wildman–Crippen MR) is 113 cm³/mol. The largest absolute Gasteiger partial charge is 0.481 e. The predicted octanol–water partition coefficient (Wildman–Crippen LogP) is 0.613. The summed E-state index contributed by atoms with van der Waals surface area (Å²) in [5.41, 5.74) is 7.36. The summed E-state index contributed by atoms with van der Waals surface area (Å²) in [5.74, 6) is -4.35. The number of rotatable bonds is 11. The summed E-state index contributed by atoms with van der Waals surface area (Å²) in [4.78, 5) is 51.0. The molecular formula is C21H28N4O6. The fraction of sp³-hybridized carbons (Fsp3) is 0.429. The number of aliphatic carboxylic acids is 2. The van der Waals surface area contributed by atoms with Gasteiger partial charge in [-0.05, 0) is 17.5 Å². The van der Waals surface area contributed by atoms with Gasteiger partial charge in [-0.1, -0.05) is 38.5 Å². The minimum absolute atomic E-state index is 0.0226. The van der Waals surface area contributed by atoms with Crippen LogP contribution in [0.2, 0.25) is 0 Å². The summed E-state index contributed by atoms with van der Waals surface area (Å²) in [7, 11) is 0. The van der Waals surface area contributed by atoms with Gasteiger partial charge in [0, 0.05) is 23.5 Å². The molecular weight excluding hydrogens is 404 g/mol. The third kappa shape index (κ3) is 6.29. The minimum atomic E-state index is -1.45. The first kappa shape index (κ1) is 23.9. The Bertz CT molecular complexity index is 956. The monoisotopic (exact) mass is 432 g/mol. The molecule has 2 rings (SSSR count). The Morgan fingerprint density at radius 2 is 1.71 bits per heavy atom. The number of carbonyl (C=O) groups is 4. The number of carboxylic acids is 2. The molecule has 0 unspecified atom stereocenters. The molecule has 0 saturated heterocycles. The van der Waals surface area contributed by atoms with Crippen molar-refractivity contribution in [3.63, 3.8) is 0 Å². The molecule has 0 aliphatic rings. The van der Waals surface area contributed by atoms with E-state index >= 15 is 0 Å². The van der Waals surface area contributed by atoms with Crippen LogP contribution in [0.25, 0.3) is 10.9 Å². The van der Waals surface area contributed by atoms with E-state index in [2.05, 4.69) is 15.6 Å². The molecule has 0 spiro atoms. The van der Waals surface area contributed by atoms with Gasteiger partial charge < -0.3 is 31.6 Å². The quantitative estimate of drug-likeness (QED) is 0.301. The second-order valence-corrected chi connectivity index (χ2v) is 7.53. The lowest BCUT2D eigenvalue weighted by atomic mass is 9.99. The van der Waals surface area contributed by atoms with E-state index in [1.54, 1.807) is 13.1 Å². The molecule has 2 aromatic rings. The number of H-pyrrole nitrogens is 1. The molecule has 7 N–H and O–H groups in total. The SMILES string of the molecule is CC[C@H](C)[C@H](N)C(=O)N[C@@H](CC(=O)O)C(=O)N[C@@H](Cc1c[nH]c2ccccc12)C(=O)O. The number of hydrogen-bond acceptors (Lipinski definition) is 5. The van der Waals surface area contributed by atoms with E-state index in [9.17, 15) is 24.3 Å². The fourth-order valence-corrected chi connectivity index (χ4v) is 3.16. The van der Waals surface area contributed by atoms with Gasteiger partial charge in [0.2, 0.25) is 11.8 Å². The summed E-state index contributed by atoms with van der Waals surface area (Å²) in [6.07, 6.45) is 1.56. The highest BCUT2D eigenvalue weighted by Crippen LogP contribution is 2.19. The van der Waals surface area contributed by atoms with Crippen LogP contribution in [0.4, 0.5) is 0 Å². The molecule has 0 saturated carbocycles. The highest BCUT2D eigenvalue weighted by atomic mass is 16.4. The van der Waals surface area contributed by atoms with E-state index in [0.717, 1.165) is 10.9 Å². The zero-order chi connectivity index (χ0) is 23.1. The number of carboxylic acid groups (broad SMARTS) is 2. The second kappa shape index (κ2) is 10.6. The van der Waals surface area contributed by atoms with Crippen LogP contribution in [0.5, 0.6) is 0 Å². The van der Waals surface area contributed by atoms with Crippen molar-refractivity contribution in [3.05, 3.63) is 36.0 Å². The molecule has 1 aromatic carbocycles. The first-order valence-corrected chi connectivity index (χ1v) is 9.99. The number of para-hydroxylation sites is 1. The number of amides is 2. The van der Waals surface area contributed by atoms with Gasteiger partial charge in [-0.3, -0.25) is 14.4 Å². The number of benzene rings is 1. The molecule has 0 bridgehead atoms. The van der Waals surface area contributed by atoms with Crippen molar-refractivity contribution < 1.29 is 29.4 Å². The van der Waals surface area contributed by atoms with Crippen LogP contribution in [0.1, 0.15) is 32.3 Å². The third-order valence-corrected chi connectivity index (χ3v) is 5.29. The average Bonchev–Trinajstić information content (AvgIpc) is 3.13. The van der Waals surface area contributed by atoms with Crippen molar-refractivity contribution in [3.8, 4) is 0 Å². The van der Waals surface area contributed by atoms with Gasteiger partial charge in [-0.25, -0.2) is 4.79 Å². The number of nitrogens with one attached hydrogen (secondary N) is 3. The van der Waals surface area contributed by atoms with Gasteiger partial charge in [-0.15, -0.1) is 0 Å². The number of aromatic nitrogens is 1. The Morgan fingerprint density at radius 3 is 2.32 bits per heavy atom. The molecule has 1 heterocycles. The number of hydrogen-bond donors (Lipinski definition) is 6. The maximum absolute atomic E-state index is 12.7. The average molecular weight is 432 g/mol. The highest BCUT2D eigenvalue weighted by Gasteiger charge is 2.31. The molecule has 10 heteroatoms. The Labute approximate surface area is 179 Å². The summed E-state index contributed by atoms with van der Waals surface area (Å²) < 4.78 is 0. The lowest BCUT2D eigenvalue weighted by molar-refractivity contribution is -0.143. The van der Waals surface area contributed by atoms with Crippen LogP contribution in [-0.2, 0) is 25.6 Å². The zero-order valence-corrected chi connectivity index (χ0v) is 17.4. The smallest absolute Gasteiger partial charge is 0.326 e. The lowest BCUT2D eigenvalue weighted by Gasteiger charge is -2.23. The van der Waals surface area contributed by atoms with Gasteiger partial charge in [-0.2, -0.15) is 0 Å². The Morgan fingerprint density at radius 1 is 1.06 bits per heavy atom. The minimum Gasteiger partial charge on any atom is -0.481 e. The first-order valence-electron chi connectivity index (χ1n) is 9.99. The molecule has 4 atom stereocenters. The van der Waals surface area contributed by atoms with Crippen LogP contribution in [0.3, 0.4) is 0 Å². The molecule has 0 radical (unpaired) electrons. The third-order valence-electron chi connectivity index (χ3n) is 5.29. The molecule has 1 aromatic heterocycles. The van der Waals surface area contributed by atoms with Crippen molar-refractivity contribution in [2.45, 2.75) is 51.2 Å². The molecule has 0 fully saturated rings. The molecule has 0 aliphatic carbocycles. The normalized spacial score (nSPS) is 14.9. The van der Waals surface area contributed by atoms with Gasteiger partial charge in [0.1, 0.15) is 12.1 Å².